The van der Waals surface area contributed by atoms with E-state index in [2.05, 4.69) is 15.3 Å². The number of halogens is 3. The van der Waals surface area contributed by atoms with Crippen molar-refractivity contribution in [3.63, 3.8) is 0 Å². The highest BCUT2D eigenvalue weighted by Gasteiger charge is 2.17. The molecule has 1 aromatic carbocycles. The lowest BCUT2D eigenvalue weighted by atomic mass is 10.3. The molecule has 0 spiro atoms. The second-order valence-corrected chi connectivity index (χ2v) is 5.01. The Labute approximate surface area is 146 Å². The molecule has 8 heteroatoms. The van der Waals surface area contributed by atoms with E-state index >= 15 is 0 Å². The summed E-state index contributed by atoms with van der Waals surface area (Å²) in [7, 11) is 0. The summed E-state index contributed by atoms with van der Waals surface area (Å²) in [6.07, 6.45) is 1.67. The third kappa shape index (κ3) is 3.73. The van der Waals surface area contributed by atoms with Crippen LogP contribution in [0.5, 0.6) is 0 Å². The van der Waals surface area contributed by atoms with Gasteiger partial charge in [-0.2, -0.15) is 9.78 Å². The molecular formula is C14H17Cl3N4O. The second kappa shape index (κ2) is 8.39. The third-order valence-corrected chi connectivity index (χ3v) is 3.71. The zero-order valence-corrected chi connectivity index (χ0v) is 14.1. The van der Waals surface area contributed by atoms with Crippen LogP contribution in [0.3, 0.4) is 0 Å². The minimum absolute atomic E-state index is 0. The molecule has 22 heavy (non-hydrogen) atoms. The van der Waals surface area contributed by atoms with Crippen LogP contribution < -0.4 is 15.8 Å². The number of hydrogen-bond donors (Lipinski definition) is 1. The lowest BCUT2D eigenvalue weighted by Gasteiger charge is -2.29. The lowest BCUT2D eigenvalue weighted by molar-refractivity contribution is 0.587. The molecule has 120 valence electrons. The minimum atomic E-state index is -0.283. The normalized spacial score (nSPS) is 14.0. The summed E-state index contributed by atoms with van der Waals surface area (Å²) in [4.78, 5) is 14.4. The molecule has 0 atom stereocenters. The summed E-state index contributed by atoms with van der Waals surface area (Å²) >= 11 is 6.25. The van der Waals surface area contributed by atoms with Gasteiger partial charge in [-0.25, -0.2) is 0 Å². The first kappa shape index (κ1) is 18.8. The van der Waals surface area contributed by atoms with E-state index < -0.39 is 0 Å². The van der Waals surface area contributed by atoms with Crippen LogP contribution in [-0.4, -0.2) is 36.0 Å². The Kier molecular flexibility index (Phi) is 7.16. The van der Waals surface area contributed by atoms with Gasteiger partial charge in [0.25, 0.3) is 5.56 Å². The highest BCUT2D eigenvalue weighted by molar-refractivity contribution is 6.33. The van der Waals surface area contributed by atoms with Gasteiger partial charge in [0.1, 0.15) is 5.02 Å². The van der Waals surface area contributed by atoms with Gasteiger partial charge in [-0.3, -0.25) is 4.79 Å². The molecule has 1 aliphatic rings. The summed E-state index contributed by atoms with van der Waals surface area (Å²) < 4.78 is 1.33. The maximum absolute atomic E-state index is 12.4. The molecular weight excluding hydrogens is 347 g/mol. The fourth-order valence-corrected chi connectivity index (χ4v) is 2.55. The van der Waals surface area contributed by atoms with Crippen LogP contribution in [0.4, 0.5) is 5.69 Å². The SMILES string of the molecule is Cl.Cl.O=c1c(Cl)c(N2CCNCC2)cnn1-c1ccccc1. The Balaban J connectivity index is 0.00000121. The third-order valence-electron chi connectivity index (χ3n) is 3.36. The van der Waals surface area contributed by atoms with E-state index in [1.165, 1.54) is 4.68 Å². The first-order valence-corrected chi connectivity index (χ1v) is 6.94. The van der Waals surface area contributed by atoms with Crippen LogP contribution >= 0.6 is 36.4 Å². The van der Waals surface area contributed by atoms with Crippen molar-refractivity contribution < 1.29 is 0 Å². The number of benzene rings is 1. The van der Waals surface area contributed by atoms with Gasteiger partial charge in [0.2, 0.25) is 0 Å². The van der Waals surface area contributed by atoms with E-state index in [9.17, 15) is 4.79 Å². The van der Waals surface area contributed by atoms with Crippen LogP contribution in [0.25, 0.3) is 5.69 Å². The van der Waals surface area contributed by atoms with Crippen molar-refractivity contribution in [2.45, 2.75) is 0 Å². The van der Waals surface area contributed by atoms with Crippen molar-refractivity contribution >= 4 is 42.1 Å². The van der Waals surface area contributed by atoms with Crippen molar-refractivity contribution in [3.05, 3.63) is 51.9 Å². The van der Waals surface area contributed by atoms with Gasteiger partial charge in [-0.05, 0) is 12.1 Å². The summed E-state index contributed by atoms with van der Waals surface area (Å²) in [6, 6.07) is 9.28. The number of nitrogens with zero attached hydrogens (tertiary/aromatic N) is 3. The predicted octanol–water partition coefficient (Wildman–Crippen LogP) is 2.14. The van der Waals surface area contributed by atoms with Gasteiger partial charge in [-0.1, -0.05) is 29.8 Å². The summed E-state index contributed by atoms with van der Waals surface area (Å²) in [5.74, 6) is 0. The standard InChI is InChI=1S/C14H15ClN4O.2ClH/c15-13-12(18-8-6-16-7-9-18)10-17-19(14(13)20)11-4-2-1-3-5-11;;/h1-5,10,16H,6-9H2;2*1H. The molecule has 2 heterocycles. The Hall–Kier alpha value is -1.27. The fraction of sp³-hybridized carbons (Fsp3) is 0.286. The molecule has 1 N–H and O–H groups in total. The van der Waals surface area contributed by atoms with Gasteiger partial charge in [0.15, 0.2) is 0 Å². The average molecular weight is 364 g/mol. The molecule has 1 aliphatic heterocycles. The first-order valence-electron chi connectivity index (χ1n) is 6.56. The number of rotatable bonds is 2. The molecule has 3 rings (SSSR count). The Morgan fingerprint density at radius 2 is 1.73 bits per heavy atom. The van der Waals surface area contributed by atoms with Crippen LogP contribution in [0.1, 0.15) is 0 Å². The van der Waals surface area contributed by atoms with Gasteiger partial charge < -0.3 is 10.2 Å². The second-order valence-electron chi connectivity index (χ2n) is 4.63. The minimum Gasteiger partial charge on any atom is -0.366 e. The van der Waals surface area contributed by atoms with E-state index in [4.69, 9.17) is 11.6 Å². The average Bonchev–Trinajstić information content (AvgIpc) is 2.52. The topological polar surface area (TPSA) is 50.2 Å². The van der Waals surface area contributed by atoms with E-state index in [1.54, 1.807) is 6.20 Å². The predicted molar refractivity (Wildman–Crippen MR) is 94.4 cm³/mol. The van der Waals surface area contributed by atoms with Gasteiger partial charge in [-0.15, -0.1) is 24.8 Å². The Bertz CT molecular complexity index is 657. The largest absolute Gasteiger partial charge is 0.366 e. The number of piperazine rings is 1. The number of para-hydroxylation sites is 1. The van der Waals surface area contributed by atoms with E-state index in [0.717, 1.165) is 26.2 Å². The molecule has 2 aromatic rings. The molecule has 0 unspecified atom stereocenters. The number of aromatic nitrogens is 2. The molecule has 1 saturated heterocycles. The van der Waals surface area contributed by atoms with Crippen LogP contribution in [-0.2, 0) is 0 Å². The highest BCUT2D eigenvalue weighted by Crippen LogP contribution is 2.21. The summed E-state index contributed by atoms with van der Waals surface area (Å²) in [5.41, 5.74) is 1.14. The maximum Gasteiger partial charge on any atom is 0.292 e. The van der Waals surface area contributed by atoms with Crippen molar-refractivity contribution in [1.29, 1.82) is 0 Å². The van der Waals surface area contributed by atoms with Gasteiger partial charge >= 0.3 is 0 Å². The van der Waals surface area contributed by atoms with E-state index in [1.807, 2.05) is 30.3 Å². The molecule has 0 bridgehead atoms. The zero-order chi connectivity index (χ0) is 13.9. The van der Waals surface area contributed by atoms with Crippen molar-refractivity contribution in [3.8, 4) is 5.69 Å². The molecule has 0 aliphatic carbocycles. The molecule has 5 nitrogen and oxygen atoms in total. The number of nitrogens with one attached hydrogen (secondary N) is 1. The monoisotopic (exact) mass is 362 g/mol. The summed E-state index contributed by atoms with van der Waals surface area (Å²) in [5, 5.41) is 7.74. The van der Waals surface area contributed by atoms with E-state index in [-0.39, 0.29) is 35.4 Å². The molecule has 0 amide bonds. The molecule has 1 fully saturated rings. The number of hydrogen-bond acceptors (Lipinski definition) is 4. The molecule has 1 aromatic heterocycles. The maximum atomic E-state index is 12.4. The van der Waals surface area contributed by atoms with Crippen molar-refractivity contribution in [2.75, 3.05) is 31.1 Å². The zero-order valence-electron chi connectivity index (χ0n) is 11.7. The van der Waals surface area contributed by atoms with Crippen molar-refractivity contribution in [1.82, 2.24) is 15.1 Å². The van der Waals surface area contributed by atoms with E-state index in [0.29, 0.717) is 11.4 Å². The first-order chi connectivity index (χ1) is 9.77. The van der Waals surface area contributed by atoms with Crippen molar-refractivity contribution in [2.24, 2.45) is 0 Å². The highest BCUT2D eigenvalue weighted by atomic mass is 35.5. The van der Waals surface area contributed by atoms with Gasteiger partial charge in [0, 0.05) is 26.2 Å². The Morgan fingerprint density at radius 1 is 1.09 bits per heavy atom. The van der Waals surface area contributed by atoms with Gasteiger partial charge in [0.05, 0.1) is 17.6 Å². The Morgan fingerprint density at radius 3 is 2.36 bits per heavy atom. The van der Waals surface area contributed by atoms with Crippen LogP contribution in [0.2, 0.25) is 5.02 Å². The fourth-order valence-electron chi connectivity index (χ4n) is 2.30. The number of anilines is 1. The quantitative estimate of drug-likeness (QED) is 0.888. The molecule has 0 saturated carbocycles. The summed E-state index contributed by atoms with van der Waals surface area (Å²) in [6.45, 7) is 3.43. The van der Waals surface area contributed by atoms with Crippen LogP contribution in [0.15, 0.2) is 41.3 Å². The smallest absolute Gasteiger partial charge is 0.292 e. The molecule has 0 radical (unpaired) electrons. The lowest BCUT2D eigenvalue weighted by Crippen LogP contribution is -2.44. The van der Waals surface area contributed by atoms with Crippen LogP contribution in [0, 0.1) is 0 Å².